The summed E-state index contributed by atoms with van der Waals surface area (Å²) in [5.74, 6) is 13.8. The van der Waals surface area contributed by atoms with E-state index in [-0.39, 0.29) is 0 Å². The van der Waals surface area contributed by atoms with Crippen LogP contribution in [0.4, 0.5) is 34.9 Å². The summed E-state index contributed by atoms with van der Waals surface area (Å²) in [6.07, 6.45) is 11.7. The highest BCUT2D eigenvalue weighted by atomic mass is 15.7. The maximum atomic E-state index is 5.62. The number of aliphatic imine (C=N–C) groups is 6. The van der Waals surface area contributed by atoms with E-state index in [1.165, 1.54) is 66.8 Å². The van der Waals surface area contributed by atoms with Crippen LogP contribution in [0, 0.1) is 41.5 Å². The van der Waals surface area contributed by atoms with E-state index in [1.54, 1.807) is 0 Å². The van der Waals surface area contributed by atoms with Crippen LogP contribution in [0.15, 0.2) is 278 Å². The molecule has 0 N–H and O–H groups in total. The van der Waals surface area contributed by atoms with Gasteiger partial charge in [0.15, 0.2) is 0 Å². The highest BCUT2D eigenvalue weighted by Gasteiger charge is 2.74. The molecule has 18 aliphatic rings. The highest BCUT2D eigenvalue weighted by Crippen LogP contribution is 2.59. The van der Waals surface area contributed by atoms with Gasteiger partial charge in [0.05, 0.1) is 66.8 Å². The lowest BCUT2D eigenvalue weighted by molar-refractivity contribution is -0.791. The molecule has 18 aliphatic heterocycles. The van der Waals surface area contributed by atoms with Gasteiger partial charge in [-0.2, -0.15) is 27.4 Å². The topological polar surface area (TPSA) is 196 Å². The molecular weight excluding hydrogens is 1800 g/mol. The van der Waals surface area contributed by atoms with Crippen molar-refractivity contribution in [3.8, 4) is 0 Å². The van der Waals surface area contributed by atoms with Crippen molar-refractivity contribution in [1.29, 1.82) is 0 Å². The van der Waals surface area contributed by atoms with Gasteiger partial charge in [-0.15, -0.1) is 27.5 Å². The first-order valence-electron chi connectivity index (χ1n) is 52.1. The zero-order valence-electron chi connectivity index (χ0n) is 82.8. The molecular formula is C122H94N24+6. The van der Waals surface area contributed by atoms with Crippen LogP contribution in [0.2, 0.25) is 0 Å². The molecule has 0 radical (unpaired) electrons. The van der Waals surface area contributed by atoms with Gasteiger partial charge in [-0.1, -0.05) is 227 Å². The van der Waals surface area contributed by atoms with Crippen LogP contribution in [0.5, 0.6) is 0 Å². The molecule has 0 unspecified atom stereocenters. The maximum Gasteiger partial charge on any atom is 0.404 e. The van der Waals surface area contributed by atoms with Crippen molar-refractivity contribution in [2.24, 2.45) is 59.9 Å². The molecule has 12 aromatic carbocycles. The Morgan fingerprint density at radius 3 is 0.781 bits per heavy atom. The molecule has 3 spiro atoms. The van der Waals surface area contributed by atoms with E-state index in [0.29, 0.717) is 0 Å². The Balaban J connectivity index is 0.0000000941. The summed E-state index contributed by atoms with van der Waals surface area (Å²) in [5.41, 5.74) is 34.0. The van der Waals surface area contributed by atoms with Crippen molar-refractivity contribution in [3.63, 3.8) is 0 Å². The van der Waals surface area contributed by atoms with Crippen LogP contribution in [0.3, 0.4) is 0 Å². The number of fused-ring (bicyclic) bond motifs is 36. The summed E-state index contributed by atoms with van der Waals surface area (Å²) >= 11 is 0. The number of nitrogens with zero attached hydrogens (tertiary/aromatic N) is 24. The van der Waals surface area contributed by atoms with Crippen molar-refractivity contribution in [3.05, 3.63) is 385 Å². The third-order valence-corrected chi connectivity index (χ3v) is 34.0. The Morgan fingerprint density at radius 1 is 0.192 bits per heavy atom. The third-order valence-electron chi connectivity index (χ3n) is 34.0. The van der Waals surface area contributed by atoms with Gasteiger partial charge in [0, 0.05) is 64.6 Å². The molecule has 0 saturated heterocycles. The van der Waals surface area contributed by atoms with Gasteiger partial charge >= 0.3 is 17.7 Å². The average Bonchev–Trinajstić information content (AvgIpc) is 1.47. The van der Waals surface area contributed by atoms with Crippen LogP contribution < -0.4 is 32.9 Å². The van der Waals surface area contributed by atoms with E-state index >= 15 is 0 Å². The molecule has 0 fully saturated rings. The summed E-state index contributed by atoms with van der Waals surface area (Å²) in [6, 6.07) is 81.4. The lowest BCUT2D eigenvalue weighted by Gasteiger charge is -2.40. The maximum absolute atomic E-state index is 5.62. The molecule has 24 heteroatoms. The fourth-order valence-corrected chi connectivity index (χ4v) is 27.4. The first kappa shape index (κ1) is 80.3. The van der Waals surface area contributed by atoms with Gasteiger partial charge in [0.1, 0.15) is 0 Å². The van der Waals surface area contributed by atoms with Gasteiger partial charge in [-0.05, 0) is 272 Å². The summed E-state index contributed by atoms with van der Waals surface area (Å²) < 4.78 is 28.7. The predicted octanol–water partition coefficient (Wildman–Crippen LogP) is 18.3. The Labute approximate surface area is 835 Å². The number of hydrogen-bond donors (Lipinski definition) is 0. The zero-order chi connectivity index (χ0) is 96.8. The standard InChI is InChI=1S/2C41H32N8.C40H30N8/c1-5-7-8-24-12-16-28-32(20-24)40-45-38-30-18-22(4)9-13-25(30)33-42-35-27-15-11-23(6-2)19-31(27)39-44-34-26-14-10-21(3)17-29(26)37-43-36(28)49(40)41(46(33)38,47(34)37)48(35)39;1-5-7-8-24-12-16-28-32(20-24)40-45-38-30-18-22(4)10-14-26(30)34-44-39-31-19-23(6-2)11-15-27(31)35-42-33-25-13-9-21(3)17-29(25)37-43-36(28)49(40)41(46(33)37,47(34)38)48(35)39;1-5-7-23-11-15-27-31(19-23)39-44-34-26-14-10-22(6-2)18-30(26)38-43-33-25-13-9-21(4)17-29(25)36-41-32-24-12-8-20(3)16-28(24)37-42-35(27)48(39)40(45(32)37,46(33)36)47(34)38/h2*9-20H,5-8H2,1-4H3;8-19H,5-7H2,1-4H3/q3*+2/t2*41-;40-/m010/s1. The summed E-state index contributed by atoms with van der Waals surface area (Å²) in [5, 5.41) is 13.3. The fourth-order valence-electron chi connectivity index (χ4n) is 27.4. The van der Waals surface area contributed by atoms with Crippen molar-refractivity contribution < 1.29 is 27.5 Å². The van der Waals surface area contributed by atoms with Crippen molar-refractivity contribution >= 4 is 170 Å². The second-order valence-electron chi connectivity index (χ2n) is 42.5. The Bertz CT molecular complexity index is 10600. The van der Waals surface area contributed by atoms with E-state index in [2.05, 4.69) is 356 Å². The molecule has 6 aromatic heterocycles. The molecule has 36 rings (SSSR count). The van der Waals surface area contributed by atoms with Crippen LogP contribution in [-0.2, 0) is 56.3 Å². The minimum absolute atomic E-state index is 0.914. The summed E-state index contributed by atoms with van der Waals surface area (Å²) in [6.45, 7) is 26.3. The van der Waals surface area contributed by atoms with Gasteiger partial charge < -0.3 is 0 Å². The van der Waals surface area contributed by atoms with Crippen LogP contribution in [0.1, 0.15) is 207 Å². The quantitative estimate of drug-likeness (QED) is 0.111. The number of hydrogen-bond acceptors (Lipinski definition) is 12. The molecule has 0 amide bonds. The van der Waals surface area contributed by atoms with E-state index in [0.717, 1.165) is 340 Å². The molecule has 24 heterocycles. The average molecular weight is 1900 g/mol. The Hall–Kier alpha value is -17.3. The van der Waals surface area contributed by atoms with E-state index < -0.39 is 17.7 Å². The second-order valence-corrected chi connectivity index (χ2v) is 42.5. The smallest absolute Gasteiger partial charge is 0.192 e. The first-order valence-corrected chi connectivity index (χ1v) is 52.1. The number of amidine groups is 12. The summed E-state index contributed by atoms with van der Waals surface area (Å²) in [4.78, 5) is 67.0. The highest BCUT2D eigenvalue weighted by molar-refractivity contribution is 6.25. The zero-order valence-corrected chi connectivity index (χ0v) is 82.8. The van der Waals surface area contributed by atoms with Crippen LogP contribution in [-0.4, -0.2) is 125 Å². The molecule has 18 aromatic rings. The van der Waals surface area contributed by atoms with Crippen molar-refractivity contribution in [2.75, 3.05) is 0 Å². The molecule has 0 saturated carbocycles. The number of aromatic nitrogens is 6. The lowest BCUT2D eigenvalue weighted by Crippen LogP contribution is -2.71. The molecule has 3 atom stereocenters. The molecule has 24 nitrogen and oxygen atoms in total. The number of rotatable bonds is 11. The second kappa shape index (κ2) is 27.0. The number of unbranched alkanes of at least 4 members (excludes halogenated alkanes) is 2. The molecule has 0 bridgehead atoms. The lowest BCUT2D eigenvalue weighted by atomic mass is 10.0. The van der Waals surface area contributed by atoms with Crippen molar-refractivity contribution in [2.45, 2.75) is 171 Å². The van der Waals surface area contributed by atoms with Crippen LogP contribution in [0.25, 0.3) is 64.6 Å². The molecule has 0 aliphatic carbocycles. The monoisotopic (exact) mass is 1890 g/mol. The van der Waals surface area contributed by atoms with Gasteiger partial charge in [0.2, 0.25) is 67.8 Å². The SMILES string of the molecule is CCCCc1ccc2c(c1)C1=Nc3c4cc(C)ccc4c4n3[C@@]35n6c(c7ccc(C)cc7c6=NC2=[N+]13)=NC1=[N+]5C(=N4)c2cc(CC)ccc21.CCCCc1ccc2c(c1)C1=[N+]3C2=Nc2c4cc(C)ccc4c4n2[C@]32n3c(c5ccc(C)cc5c3=N1)=NC1=[N+]2C(=N4)c2cc(CC)ccc21.CCCc1ccc2c3n4c(c2c1)N=C1c2ccc(CC)cc2C2=[N+]1[C@]41n4c(c5ccc(C)cc5c4=NC4=[N+]1C(=N3)c1cc(C)ccc14)=N2. The van der Waals surface area contributed by atoms with Gasteiger partial charge in [-0.3, -0.25) is 0 Å². The molecule has 146 heavy (non-hydrogen) atoms. The number of aryl methyl sites for hydroxylation is 12. The van der Waals surface area contributed by atoms with Gasteiger partial charge in [0.25, 0.3) is 70.0 Å². The largest absolute Gasteiger partial charge is 0.404 e. The Morgan fingerprint density at radius 2 is 0.432 bits per heavy atom. The van der Waals surface area contributed by atoms with E-state index in [4.69, 9.17) is 59.9 Å². The normalized spacial score (nSPS) is 19.5. The number of benzene rings is 12. The predicted molar refractivity (Wildman–Crippen MR) is 569 cm³/mol. The summed E-state index contributed by atoms with van der Waals surface area (Å²) in [7, 11) is 0. The van der Waals surface area contributed by atoms with E-state index in [9.17, 15) is 0 Å². The fraction of sp³-hybridized carbons (Fsp3) is 0.213. The van der Waals surface area contributed by atoms with E-state index in [1.807, 2.05) is 0 Å². The Kier molecular flexibility index (Phi) is 14.8. The van der Waals surface area contributed by atoms with Gasteiger partial charge in [-0.25, -0.2) is 0 Å². The van der Waals surface area contributed by atoms with Crippen molar-refractivity contribution in [1.82, 2.24) is 27.4 Å². The third kappa shape index (κ3) is 9.16. The molecule has 696 valence electrons. The first-order chi connectivity index (χ1) is 71.5. The minimum atomic E-state index is -0.953. The van der Waals surface area contributed by atoms with Crippen LogP contribution >= 0.6 is 0 Å². The minimum Gasteiger partial charge on any atom is -0.192 e.